The van der Waals surface area contributed by atoms with Gasteiger partial charge in [-0.1, -0.05) is 22.8 Å². The van der Waals surface area contributed by atoms with Crippen LogP contribution in [0, 0.1) is 12.7 Å². The lowest BCUT2D eigenvalue weighted by atomic mass is 10.1. The number of halogens is 2. The molecule has 0 aliphatic carbocycles. The number of hydrogen-bond donors (Lipinski definition) is 0. The fourth-order valence-electron chi connectivity index (χ4n) is 3.10. The van der Waals surface area contributed by atoms with E-state index in [1.165, 1.54) is 6.07 Å². The number of piperazine rings is 1. The Balaban J connectivity index is 1.42. The topological polar surface area (TPSA) is 67.5 Å². The minimum absolute atomic E-state index is 0.182. The van der Waals surface area contributed by atoms with Crippen LogP contribution in [0.3, 0.4) is 0 Å². The van der Waals surface area contributed by atoms with Crippen molar-refractivity contribution in [3.63, 3.8) is 0 Å². The molecule has 2 aromatic heterocycles. The SMILES string of the molecule is Cc1onc(-c2c(F)cccc2Cl)c1OCN1CCN(c2ncccn2)CC1. The molecular weight excluding hydrogens is 385 g/mol. The molecule has 0 amide bonds. The maximum absolute atomic E-state index is 14.3. The molecule has 0 saturated carbocycles. The van der Waals surface area contributed by atoms with E-state index in [-0.39, 0.29) is 16.3 Å². The third-order valence-electron chi connectivity index (χ3n) is 4.61. The molecule has 28 heavy (non-hydrogen) atoms. The van der Waals surface area contributed by atoms with Crippen molar-refractivity contribution >= 4 is 17.5 Å². The summed E-state index contributed by atoms with van der Waals surface area (Å²) in [5.74, 6) is 1.14. The lowest BCUT2D eigenvalue weighted by Crippen LogP contribution is -2.48. The Kier molecular flexibility index (Phi) is 5.40. The first-order valence-corrected chi connectivity index (χ1v) is 9.29. The zero-order valence-corrected chi connectivity index (χ0v) is 16.1. The lowest BCUT2D eigenvalue weighted by Gasteiger charge is -2.34. The van der Waals surface area contributed by atoms with Gasteiger partial charge in [0.25, 0.3) is 0 Å². The largest absolute Gasteiger partial charge is 0.472 e. The summed E-state index contributed by atoms with van der Waals surface area (Å²) in [7, 11) is 0. The van der Waals surface area contributed by atoms with Crippen molar-refractivity contribution in [1.82, 2.24) is 20.0 Å². The minimum Gasteiger partial charge on any atom is -0.472 e. The zero-order chi connectivity index (χ0) is 19.5. The van der Waals surface area contributed by atoms with E-state index in [0.29, 0.717) is 18.2 Å². The number of hydrogen-bond acceptors (Lipinski definition) is 7. The number of anilines is 1. The molecule has 146 valence electrons. The van der Waals surface area contributed by atoms with Gasteiger partial charge >= 0.3 is 0 Å². The Bertz CT molecular complexity index is 925. The molecule has 0 N–H and O–H groups in total. The van der Waals surface area contributed by atoms with Crippen molar-refractivity contribution in [1.29, 1.82) is 0 Å². The lowest BCUT2D eigenvalue weighted by molar-refractivity contribution is 0.118. The fourth-order valence-corrected chi connectivity index (χ4v) is 3.36. The molecule has 1 fully saturated rings. The molecule has 4 rings (SSSR count). The van der Waals surface area contributed by atoms with Crippen molar-refractivity contribution in [3.8, 4) is 17.0 Å². The van der Waals surface area contributed by atoms with Crippen LogP contribution < -0.4 is 9.64 Å². The number of ether oxygens (including phenoxy) is 1. The predicted molar refractivity (Wildman–Crippen MR) is 103 cm³/mol. The fraction of sp³-hybridized carbons (Fsp3) is 0.316. The van der Waals surface area contributed by atoms with E-state index < -0.39 is 5.82 Å². The van der Waals surface area contributed by atoms with Crippen molar-refractivity contribution in [3.05, 3.63) is 53.3 Å². The average Bonchev–Trinajstić information content (AvgIpc) is 3.07. The highest BCUT2D eigenvalue weighted by Gasteiger charge is 2.24. The average molecular weight is 404 g/mol. The second kappa shape index (κ2) is 8.12. The van der Waals surface area contributed by atoms with Crippen molar-refractivity contribution in [2.75, 3.05) is 37.8 Å². The highest BCUT2D eigenvalue weighted by molar-refractivity contribution is 6.33. The summed E-state index contributed by atoms with van der Waals surface area (Å²) in [6.07, 6.45) is 3.48. The third-order valence-corrected chi connectivity index (χ3v) is 4.92. The predicted octanol–water partition coefficient (Wildman–Crippen LogP) is 3.39. The van der Waals surface area contributed by atoms with E-state index in [2.05, 4.69) is 24.9 Å². The van der Waals surface area contributed by atoms with Gasteiger partial charge in [0.2, 0.25) is 5.95 Å². The maximum Gasteiger partial charge on any atom is 0.225 e. The second-order valence-corrected chi connectivity index (χ2v) is 6.85. The minimum atomic E-state index is -0.470. The van der Waals surface area contributed by atoms with Crippen molar-refractivity contribution < 1.29 is 13.7 Å². The summed E-state index contributed by atoms with van der Waals surface area (Å²) in [5.41, 5.74) is 0.457. The van der Waals surface area contributed by atoms with E-state index in [0.717, 1.165) is 32.1 Å². The number of aromatic nitrogens is 3. The van der Waals surface area contributed by atoms with Gasteiger partial charge in [-0.2, -0.15) is 0 Å². The Morgan fingerprint density at radius 1 is 1.14 bits per heavy atom. The Morgan fingerprint density at radius 2 is 1.89 bits per heavy atom. The highest BCUT2D eigenvalue weighted by atomic mass is 35.5. The summed E-state index contributed by atoms with van der Waals surface area (Å²) in [6, 6.07) is 6.29. The molecule has 9 heteroatoms. The van der Waals surface area contributed by atoms with Gasteiger partial charge in [0.1, 0.15) is 12.5 Å². The molecule has 3 heterocycles. The molecule has 0 spiro atoms. The van der Waals surface area contributed by atoms with Gasteiger partial charge in [-0.3, -0.25) is 4.90 Å². The molecule has 1 aliphatic heterocycles. The van der Waals surface area contributed by atoms with Crippen LogP contribution in [0.15, 0.2) is 41.2 Å². The van der Waals surface area contributed by atoms with E-state index in [1.807, 2.05) is 0 Å². The molecule has 1 aromatic carbocycles. The molecule has 0 radical (unpaired) electrons. The molecular formula is C19H19ClFN5O2. The maximum atomic E-state index is 14.3. The summed E-state index contributed by atoms with van der Waals surface area (Å²) in [5, 5.41) is 4.21. The normalized spacial score (nSPS) is 15.0. The van der Waals surface area contributed by atoms with Crippen LogP contribution in [0.1, 0.15) is 5.76 Å². The number of rotatable bonds is 5. The number of benzene rings is 1. The van der Waals surface area contributed by atoms with Gasteiger partial charge < -0.3 is 14.2 Å². The summed E-state index contributed by atoms with van der Waals surface area (Å²) in [4.78, 5) is 12.8. The molecule has 7 nitrogen and oxygen atoms in total. The first-order valence-electron chi connectivity index (χ1n) is 8.91. The quantitative estimate of drug-likeness (QED) is 0.646. The van der Waals surface area contributed by atoms with Crippen LogP contribution in [0.4, 0.5) is 10.3 Å². The smallest absolute Gasteiger partial charge is 0.225 e. The highest BCUT2D eigenvalue weighted by Crippen LogP contribution is 2.38. The van der Waals surface area contributed by atoms with Gasteiger partial charge in [-0.15, -0.1) is 0 Å². The number of aryl methyl sites for hydroxylation is 1. The van der Waals surface area contributed by atoms with Gasteiger partial charge in [0.15, 0.2) is 17.2 Å². The van der Waals surface area contributed by atoms with Gasteiger partial charge in [0.05, 0.1) is 10.6 Å². The van der Waals surface area contributed by atoms with E-state index in [1.54, 1.807) is 37.5 Å². The van der Waals surface area contributed by atoms with E-state index >= 15 is 0 Å². The standard InChI is InChI=1S/C19H19ClFN5O2/c1-13-18(17(24-28-13)16-14(20)4-2-5-15(16)21)27-12-25-8-10-26(11-9-25)19-22-6-3-7-23-19/h2-7H,8-12H2,1H3. The first-order chi connectivity index (χ1) is 13.6. The third kappa shape index (κ3) is 3.79. The van der Waals surface area contributed by atoms with E-state index in [9.17, 15) is 4.39 Å². The Hall–Kier alpha value is -2.71. The molecule has 3 aromatic rings. The van der Waals surface area contributed by atoms with Crippen LogP contribution in [0.2, 0.25) is 5.02 Å². The Labute approximate surface area is 166 Å². The monoisotopic (exact) mass is 403 g/mol. The summed E-state index contributed by atoms with van der Waals surface area (Å²) < 4.78 is 25.5. The van der Waals surface area contributed by atoms with Crippen LogP contribution in [-0.2, 0) is 0 Å². The molecule has 1 aliphatic rings. The van der Waals surface area contributed by atoms with Crippen LogP contribution >= 0.6 is 11.6 Å². The molecule has 0 unspecified atom stereocenters. The van der Waals surface area contributed by atoms with E-state index in [4.69, 9.17) is 20.9 Å². The number of nitrogens with zero attached hydrogens (tertiary/aromatic N) is 5. The van der Waals surface area contributed by atoms with Gasteiger partial charge in [-0.05, 0) is 18.2 Å². The molecule has 1 saturated heterocycles. The van der Waals surface area contributed by atoms with Crippen molar-refractivity contribution in [2.45, 2.75) is 6.92 Å². The van der Waals surface area contributed by atoms with Crippen LogP contribution in [0.5, 0.6) is 5.75 Å². The van der Waals surface area contributed by atoms with Gasteiger partial charge in [0, 0.05) is 45.5 Å². The zero-order valence-electron chi connectivity index (χ0n) is 15.3. The summed E-state index contributed by atoms with van der Waals surface area (Å²) in [6.45, 7) is 5.23. The Morgan fingerprint density at radius 3 is 2.61 bits per heavy atom. The van der Waals surface area contributed by atoms with Gasteiger partial charge in [-0.25, -0.2) is 14.4 Å². The van der Waals surface area contributed by atoms with Crippen LogP contribution in [0.25, 0.3) is 11.3 Å². The van der Waals surface area contributed by atoms with Crippen molar-refractivity contribution in [2.24, 2.45) is 0 Å². The molecule has 0 atom stereocenters. The second-order valence-electron chi connectivity index (χ2n) is 6.44. The molecule has 0 bridgehead atoms. The summed E-state index contributed by atoms with van der Waals surface area (Å²) >= 11 is 6.16. The first kappa shape index (κ1) is 18.6. The van der Waals surface area contributed by atoms with Crippen LogP contribution in [-0.4, -0.2) is 52.9 Å².